The number of hydrogen-bond donors (Lipinski definition) is 0. The zero-order valence-corrected chi connectivity index (χ0v) is 16.9. The number of halogens is 2. The van der Waals surface area contributed by atoms with Gasteiger partial charge in [0.25, 0.3) is 5.56 Å². The number of nitriles is 1. The Kier molecular flexibility index (Phi) is 5.34. The Morgan fingerprint density at radius 2 is 2.23 bits per heavy atom. The molecule has 0 spiro atoms. The van der Waals surface area contributed by atoms with Crippen molar-refractivity contribution >= 4 is 17.5 Å². The fourth-order valence-electron chi connectivity index (χ4n) is 3.79. The van der Waals surface area contributed by atoms with E-state index in [0.29, 0.717) is 22.6 Å². The van der Waals surface area contributed by atoms with Crippen molar-refractivity contribution in [3.05, 3.63) is 69.6 Å². The maximum atomic E-state index is 14.4. The fraction of sp³-hybridized carbons (Fsp3) is 0.217. The first-order chi connectivity index (χ1) is 15.0. The number of rotatable bonds is 3. The van der Waals surface area contributed by atoms with Gasteiger partial charge in [0.05, 0.1) is 29.2 Å². The van der Waals surface area contributed by atoms with E-state index in [9.17, 15) is 18.8 Å². The number of hydrogen-bond acceptors (Lipinski definition) is 5. The van der Waals surface area contributed by atoms with Crippen LogP contribution in [0.3, 0.4) is 0 Å². The molecule has 1 aliphatic heterocycles. The number of allylic oxidation sites excluding steroid dienone is 6. The lowest BCUT2D eigenvalue weighted by Crippen LogP contribution is -2.30. The number of aromatic nitrogens is 2. The highest BCUT2D eigenvalue weighted by Crippen LogP contribution is 2.38. The van der Waals surface area contributed by atoms with E-state index in [1.807, 2.05) is 6.07 Å². The summed E-state index contributed by atoms with van der Waals surface area (Å²) >= 11 is 0. The Morgan fingerprint density at radius 1 is 1.42 bits per heavy atom. The van der Waals surface area contributed by atoms with Gasteiger partial charge in [-0.2, -0.15) is 5.26 Å². The molecular formula is C23H18F2N4O2. The van der Waals surface area contributed by atoms with Gasteiger partial charge in [0.15, 0.2) is 0 Å². The molecular weight excluding hydrogens is 402 g/mol. The predicted molar refractivity (Wildman–Crippen MR) is 114 cm³/mol. The van der Waals surface area contributed by atoms with E-state index in [1.54, 1.807) is 38.3 Å². The molecule has 0 saturated heterocycles. The van der Waals surface area contributed by atoms with Crippen LogP contribution in [-0.2, 0) is 6.61 Å². The SMILES string of the molecule is C/C=C(\C=NC)n1c2c(cc(C3=C(C#N)C(F)CC=C3)c1=O)-c1ncc(F)cc1OC2. The van der Waals surface area contributed by atoms with Crippen LogP contribution in [0.1, 0.15) is 24.6 Å². The average Bonchev–Trinajstić information content (AvgIpc) is 2.77. The van der Waals surface area contributed by atoms with Crippen molar-refractivity contribution < 1.29 is 13.5 Å². The summed E-state index contributed by atoms with van der Waals surface area (Å²) in [5.41, 5.74) is 1.72. The number of nitrogens with zero attached hydrogens (tertiary/aromatic N) is 4. The Labute approximate surface area is 177 Å². The molecule has 1 aliphatic carbocycles. The number of aliphatic imine (C=N–C) groups is 1. The molecule has 4 rings (SSSR count). The summed E-state index contributed by atoms with van der Waals surface area (Å²) in [5, 5.41) is 9.52. The Bertz CT molecular complexity index is 1300. The molecule has 3 heterocycles. The fourth-order valence-corrected chi connectivity index (χ4v) is 3.79. The highest BCUT2D eigenvalue weighted by atomic mass is 19.1. The second kappa shape index (κ2) is 8.11. The highest BCUT2D eigenvalue weighted by Gasteiger charge is 2.29. The zero-order valence-electron chi connectivity index (χ0n) is 16.9. The standard InChI is InChI=1S/C23H18F2N4O2/c1-3-14(11-27-2)29-20-12-31-21-7-13(24)10-28-22(21)17(20)8-16(23(29)30)15-5-4-6-19(25)18(15)9-26/h3-5,7-8,10-11,19H,6,12H2,1-2H3/b14-3+,27-11?. The predicted octanol–water partition coefficient (Wildman–Crippen LogP) is 4.08. The normalized spacial score (nSPS) is 17.9. The third-order valence-electron chi connectivity index (χ3n) is 5.20. The van der Waals surface area contributed by atoms with Crippen molar-refractivity contribution in [2.45, 2.75) is 26.1 Å². The average molecular weight is 420 g/mol. The lowest BCUT2D eigenvalue weighted by Gasteiger charge is -2.25. The molecule has 0 fully saturated rings. The largest absolute Gasteiger partial charge is 0.485 e. The summed E-state index contributed by atoms with van der Waals surface area (Å²) in [6.07, 6.45) is 6.06. The van der Waals surface area contributed by atoms with E-state index in [0.717, 1.165) is 6.20 Å². The Morgan fingerprint density at radius 3 is 2.94 bits per heavy atom. The molecule has 6 nitrogen and oxygen atoms in total. The molecule has 1 unspecified atom stereocenters. The second-order valence-corrected chi connectivity index (χ2v) is 6.99. The number of fused-ring (bicyclic) bond motifs is 3. The molecule has 0 saturated carbocycles. The smallest absolute Gasteiger partial charge is 0.263 e. The molecule has 2 aromatic rings. The molecule has 2 aromatic heterocycles. The van der Waals surface area contributed by atoms with Gasteiger partial charge in [-0.05, 0) is 13.0 Å². The van der Waals surface area contributed by atoms with Crippen molar-refractivity contribution in [1.29, 1.82) is 5.26 Å². The molecule has 0 aromatic carbocycles. The quantitative estimate of drug-likeness (QED) is 0.701. The summed E-state index contributed by atoms with van der Waals surface area (Å²) in [4.78, 5) is 21.8. The maximum Gasteiger partial charge on any atom is 0.263 e. The highest BCUT2D eigenvalue weighted by molar-refractivity contribution is 6.03. The van der Waals surface area contributed by atoms with Gasteiger partial charge in [-0.25, -0.2) is 13.8 Å². The summed E-state index contributed by atoms with van der Waals surface area (Å²) in [6.45, 7) is 1.76. The Balaban J connectivity index is 2.11. The van der Waals surface area contributed by atoms with E-state index in [-0.39, 0.29) is 35.5 Å². The third-order valence-corrected chi connectivity index (χ3v) is 5.20. The topological polar surface area (TPSA) is 80.3 Å². The summed E-state index contributed by atoms with van der Waals surface area (Å²) in [7, 11) is 1.58. The molecule has 156 valence electrons. The van der Waals surface area contributed by atoms with Gasteiger partial charge in [-0.1, -0.05) is 18.2 Å². The minimum atomic E-state index is -1.49. The van der Waals surface area contributed by atoms with Crippen LogP contribution in [-0.4, -0.2) is 29.0 Å². The minimum absolute atomic E-state index is 0.00358. The van der Waals surface area contributed by atoms with Crippen LogP contribution in [0.15, 0.2) is 51.9 Å². The number of ether oxygens (including phenoxy) is 1. The summed E-state index contributed by atoms with van der Waals surface area (Å²) in [6, 6.07) is 4.70. The molecule has 0 radical (unpaired) electrons. The minimum Gasteiger partial charge on any atom is -0.485 e. The Hall–Kier alpha value is -3.86. The van der Waals surface area contributed by atoms with Crippen LogP contribution in [0.5, 0.6) is 5.75 Å². The van der Waals surface area contributed by atoms with Crippen LogP contribution in [0.4, 0.5) is 8.78 Å². The van der Waals surface area contributed by atoms with Gasteiger partial charge in [-0.15, -0.1) is 0 Å². The molecule has 0 N–H and O–H groups in total. The van der Waals surface area contributed by atoms with Crippen molar-refractivity contribution in [3.63, 3.8) is 0 Å². The van der Waals surface area contributed by atoms with Gasteiger partial charge >= 0.3 is 0 Å². The molecule has 31 heavy (non-hydrogen) atoms. The first-order valence-corrected chi connectivity index (χ1v) is 9.61. The van der Waals surface area contributed by atoms with Gasteiger partial charge < -0.3 is 4.74 Å². The van der Waals surface area contributed by atoms with Gasteiger partial charge in [0, 0.05) is 42.4 Å². The summed E-state index contributed by atoms with van der Waals surface area (Å²) in [5.74, 6) is -0.306. The van der Waals surface area contributed by atoms with E-state index in [4.69, 9.17) is 4.74 Å². The van der Waals surface area contributed by atoms with Crippen LogP contribution in [0, 0.1) is 17.1 Å². The molecule has 1 atom stereocenters. The van der Waals surface area contributed by atoms with Crippen LogP contribution in [0.25, 0.3) is 22.5 Å². The number of pyridine rings is 2. The van der Waals surface area contributed by atoms with Crippen LogP contribution < -0.4 is 10.3 Å². The zero-order chi connectivity index (χ0) is 22.1. The van der Waals surface area contributed by atoms with Crippen molar-refractivity contribution in [2.24, 2.45) is 4.99 Å². The van der Waals surface area contributed by atoms with Gasteiger partial charge in [0.2, 0.25) is 0 Å². The van der Waals surface area contributed by atoms with Gasteiger partial charge in [0.1, 0.15) is 30.0 Å². The van der Waals surface area contributed by atoms with Crippen molar-refractivity contribution in [1.82, 2.24) is 9.55 Å². The van der Waals surface area contributed by atoms with Crippen molar-refractivity contribution in [2.75, 3.05) is 7.05 Å². The molecule has 0 amide bonds. The monoisotopic (exact) mass is 420 g/mol. The first kappa shape index (κ1) is 20.4. The van der Waals surface area contributed by atoms with E-state index >= 15 is 0 Å². The van der Waals surface area contributed by atoms with E-state index in [2.05, 4.69) is 9.98 Å². The molecule has 2 aliphatic rings. The van der Waals surface area contributed by atoms with Gasteiger partial charge in [-0.3, -0.25) is 14.4 Å². The lowest BCUT2D eigenvalue weighted by molar-refractivity contribution is 0.290. The maximum absolute atomic E-state index is 14.4. The van der Waals surface area contributed by atoms with E-state index < -0.39 is 17.5 Å². The molecule has 0 bridgehead atoms. The van der Waals surface area contributed by atoms with Crippen LogP contribution >= 0.6 is 0 Å². The first-order valence-electron chi connectivity index (χ1n) is 9.61. The summed E-state index contributed by atoms with van der Waals surface area (Å²) < 4.78 is 35.2. The number of alkyl halides is 1. The molecule has 8 heteroatoms. The second-order valence-electron chi connectivity index (χ2n) is 6.99. The van der Waals surface area contributed by atoms with E-state index in [1.165, 1.54) is 16.8 Å². The van der Waals surface area contributed by atoms with Crippen molar-refractivity contribution in [3.8, 4) is 23.1 Å². The lowest BCUT2D eigenvalue weighted by atomic mass is 9.90. The third kappa shape index (κ3) is 3.38. The van der Waals surface area contributed by atoms with Crippen LogP contribution in [0.2, 0.25) is 0 Å².